The van der Waals surface area contributed by atoms with Crippen LogP contribution in [0, 0.1) is 4.91 Å². The Kier molecular flexibility index (Phi) is 5.22. The number of allylic oxidation sites excluding steroid dienone is 3. The zero-order valence-electron chi connectivity index (χ0n) is 12.2. The molecule has 1 aromatic heterocycles. The SMILES string of the molecule is CN(C)c1ccc[n+](COCN2C=CC(=CN=O)C=C2)c1. The molecule has 0 fully saturated rings. The predicted octanol–water partition coefficient (Wildman–Crippen LogP) is 1.96. The van der Waals surface area contributed by atoms with Crippen LogP contribution in [-0.4, -0.2) is 25.7 Å². The highest BCUT2D eigenvalue weighted by atomic mass is 16.5. The van der Waals surface area contributed by atoms with Gasteiger partial charge in [-0.1, -0.05) is 0 Å². The van der Waals surface area contributed by atoms with Gasteiger partial charge < -0.3 is 14.5 Å². The maximum atomic E-state index is 10.1. The molecule has 1 aliphatic rings. The normalized spacial score (nSPS) is 13.4. The fourth-order valence-corrected chi connectivity index (χ4v) is 1.81. The van der Waals surface area contributed by atoms with Gasteiger partial charge in [-0.3, -0.25) is 0 Å². The summed E-state index contributed by atoms with van der Waals surface area (Å²) in [6.07, 6.45) is 12.6. The summed E-state index contributed by atoms with van der Waals surface area (Å²) in [5.41, 5.74) is 1.89. The van der Waals surface area contributed by atoms with Gasteiger partial charge in [-0.25, -0.2) is 0 Å². The van der Waals surface area contributed by atoms with Gasteiger partial charge in [0.2, 0.25) is 0 Å². The summed E-state index contributed by atoms with van der Waals surface area (Å²) in [5.74, 6) is 0. The molecule has 2 rings (SSSR count). The van der Waals surface area contributed by atoms with Crippen LogP contribution >= 0.6 is 0 Å². The van der Waals surface area contributed by atoms with Gasteiger partial charge in [0.1, 0.15) is 12.4 Å². The second-order valence-corrected chi connectivity index (χ2v) is 4.81. The van der Waals surface area contributed by atoms with Gasteiger partial charge in [-0.15, -0.1) is 4.91 Å². The van der Waals surface area contributed by atoms with Crippen LogP contribution in [0.5, 0.6) is 0 Å². The molecule has 1 aromatic rings. The van der Waals surface area contributed by atoms with Crippen LogP contribution in [0.15, 0.2) is 66.0 Å². The Bertz CT molecular complexity index is 563. The Labute approximate surface area is 124 Å². The lowest BCUT2D eigenvalue weighted by Crippen LogP contribution is -2.36. The van der Waals surface area contributed by atoms with Crippen LogP contribution in [0.2, 0.25) is 0 Å². The molecule has 0 N–H and O–H groups in total. The zero-order chi connectivity index (χ0) is 15.1. The molecule has 0 amide bonds. The quantitative estimate of drug-likeness (QED) is 0.593. The zero-order valence-corrected chi connectivity index (χ0v) is 12.2. The lowest BCUT2D eigenvalue weighted by Gasteiger charge is -2.17. The van der Waals surface area contributed by atoms with Crippen LogP contribution in [0.4, 0.5) is 5.69 Å². The Morgan fingerprint density at radius 3 is 2.81 bits per heavy atom. The molecular formula is C15H19N4O2+. The Balaban J connectivity index is 1.82. The number of hydrogen-bond acceptors (Lipinski definition) is 5. The van der Waals surface area contributed by atoms with Crippen molar-refractivity contribution in [1.29, 1.82) is 0 Å². The number of nitrogens with zero attached hydrogens (tertiary/aromatic N) is 4. The van der Waals surface area contributed by atoms with E-state index in [-0.39, 0.29) is 0 Å². The van der Waals surface area contributed by atoms with Gasteiger partial charge in [0.25, 0.3) is 6.73 Å². The van der Waals surface area contributed by atoms with E-state index in [2.05, 4.69) is 5.18 Å². The van der Waals surface area contributed by atoms with Gasteiger partial charge in [0.15, 0.2) is 12.4 Å². The monoisotopic (exact) mass is 287 g/mol. The molecule has 0 spiro atoms. The summed E-state index contributed by atoms with van der Waals surface area (Å²) in [6.45, 7) is 0.909. The van der Waals surface area contributed by atoms with Crippen molar-refractivity contribution < 1.29 is 9.30 Å². The Hall–Kier alpha value is -2.47. The van der Waals surface area contributed by atoms with Gasteiger partial charge >= 0.3 is 0 Å². The summed E-state index contributed by atoms with van der Waals surface area (Å²) in [5, 5.41) is 2.74. The summed E-state index contributed by atoms with van der Waals surface area (Å²) in [6, 6.07) is 4.03. The van der Waals surface area contributed by atoms with Crippen LogP contribution < -0.4 is 9.47 Å². The van der Waals surface area contributed by atoms with Gasteiger partial charge in [0, 0.05) is 32.6 Å². The molecule has 0 saturated heterocycles. The van der Waals surface area contributed by atoms with E-state index in [9.17, 15) is 4.91 Å². The number of ether oxygens (including phenoxy) is 1. The minimum atomic E-state index is 0.438. The van der Waals surface area contributed by atoms with Gasteiger partial charge in [0.05, 0.1) is 6.20 Å². The summed E-state index contributed by atoms with van der Waals surface area (Å²) < 4.78 is 7.63. The number of aromatic nitrogens is 1. The predicted molar refractivity (Wildman–Crippen MR) is 80.9 cm³/mol. The molecule has 0 aliphatic carbocycles. The Morgan fingerprint density at radius 2 is 2.14 bits per heavy atom. The molecule has 21 heavy (non-hydrogen) atoms. The molecule has 2 heterocycles. The van der Waals surface area contributed by atoms with E-state index < -0.39 is 0 Å². The highest BCUT2D eigenvalue weighted by Gasteiger charge is 2.06. The molecule has 0 aromatic carbocycles. The number of rotatable bonds is 6. The fourth-order valence-electron chi connectivity index (χ4n) is 1.81. The maximum absolute atomic E-state index is 10.1. The standard InChI is InChI=1S/C15H19N4O2/c1-17(2)15-4-3-7-19(11-15)13-21-12-18-8-5-14(6-9-18)10-16-20/h3-11H,12-13H2,1-2H3/q+1. The van der Waals surface area contributed by atoms with E-state index >= 15 is 0 Å². The molecule has 0 bridgehead atoms. The number of pyridine rings is 1. The van der Waals surface area contributed by atoms with E-state index in [0.717, 1.165) is 11.3 Å². The van der Waals surface area contributed by atoms with E-state index in [1.54, 1.807) is 0 Å². The van der Waals surface area contributed by atoms with Crippen molar-refractivity contribution in [2.75, 3.05) is 25.7 Å². The maximum Gasteiger partial charge on any atom is 0.254 e. The average Bonchev–Trinajstić information content (AvgIpc) is 2.50. The first kappa shape index (κ1) is 14.9. The molecule has 6 nitrogen and oxygen atoms in total. The van der Waals surface area contributed by atoms with E-state index in [1.807, 2.05) is 77.5 Å². The van der Waals surface area contributed by atoms with Crippen molar-refractivity contribution in [3.8, 4) is 0 Å². The molecule has 110 valence electrons. The molecule has 0 saturated carbocycles. The third-order valence-electron chi connectivity index (χ3n) is 2.96. The highest BCUT2D eigenvalue weighted by molar-refractivity contribution is 5.39. The topological polar surface area (TPSA) is 49.0 Å². The van der Waals surface area contributed by atoms with Crippen molar-refractivity contribution in [3.05, 3.63) is 65.8 Å². The largest absolute Gasteiger partial charge is 0.373 e. The van der Waals surface area contributed by atoms with E-state index in [0.29, 0.717) is 13.5 Å². The summed E-state index contributed by atoms with van der Waals surface area (Å²) in [4.78, 5) is 14.1. The second-order valence-electron chi connectivity index (χ2n) is 4.81. The van der Waals surface area contributed by atoms with Crippen LogP contribution in [-0.2, 0) is 11.5 Å². The van der Waals surface area contributed by atoms with Crippen molar-refractivity contribution in [2.45, 2.75) is 6.73 Å². The number of anilines is 1. The summed E-state index contributed by atoms with van der Waals surface area (Å²) in [7, 11) is 4.01. The second kappa shape index (κ2) is 7.35. The third-order valence-corrected chi connectivity index (χ3v) is 2.96. The minimum Gasteiger partial charge on any atom is -0.373 e. The Morgan fingerprint density at radius 1 is 1.38 bits per heavy atom. The first-order chi connectivity index (χ1) is 10.2. The smallest absolute Gasteiger partial charge is 0.254 e. The number of nitroso groups, excluding NO2 is 1. The molecule has 0 radical (unpaired) electrons. The summed E-state index contributed by atoms with van der Waals surface area (Å²) >= 11 is 0. The molecule has 1 aliphatic heterocycles. The molecule has 0 unspecified atom stereocenters. The first-order valence-corrected chi connectivity index (χ1v) is 6.58. The third kappa shape index (κ3) is 4.54. The molecule has 0 atom stereocenters. The molecule has 6 heteroatoms. The average molecular weight is 287 g/mol. The van der Waals surface area contributed by atoms with Crippen LogP contribution in [0.25, 0.3) is 0 Å². The lowest BCUT2D eigenvalue weighted by molar-refractivity contribution is -0.733. The van der Waals surface area contributed by atoms with Crippen molar-refractivity contribution >= 4 is 5.69 Å². The number of hydrogen-bond donors (Lipinski definition) is 0. The van der Waals surface area contributed by atoms with E-state index in [4.69, 9.17) is 4.74 Å². The molecular weight excluding hydrogens is 268 g/mol. The van der Waals surface area contributed by atoms with Gasteiger partial charge in [-0.05, 0) is 29.0 Å². The van der Waals surface area contributed by atoms with Crippen LogP contribution in [0.1, 0.15) is 0 Å². The van der Waals surface area contributed by atoms with Crippen molar-refractivity contribution in [1.82, 2.24) is 4.90 Å². The fraction of sp³-hybridized carbons (Fsp3) is 0.267. The van der Waals surface area contributed by atoms with Crippen molar-refractivity contribution in [2.24, 2.45) is 5.18 Å². The van der Waals surface area contributed by atoms with Gasteiger partial charge in [-0.2, -0.15) is 4.57 Å². The lowest BCUT2D eigenvalue weighted by atomic mass is 10.2. The van der Waals surface area contributed by atoms with E-state index in [1.165, 1.54) is 6.20 Å². The minimum absolute atomic E-state index is 0.438. The van der Waals surface area contributed by atoms with Crippen molar-refractivity contribution in [3.63, 3.8) is 0 Å². The van der Waals surface area contributed by atoms with Crippen LogP contribution in [0.3, 0.4) is 0 Å². The first-order valence-electron chi connectivity index (χ1n) is 6.58. The highest BCUT2D eigenvalue weighted by Crippen LogP contribution is 2.09.